The first-order valence-corrected chi connectivity index (χ1v) is 10.2. The molecule has 5 nitrogen and oxygen atoms in total. The summed E-state index contributed by atoms with van der Waals surface area (Å²) in [6, 6.07) is 0. The molecule has 0 radical (unpaired) electrons. The molecule has 0 spiro atoms. The van der Waals surface area contributed by atoms with Crippen LogP contribution in [0.25, 0.3) is 0 Å². The molecule has 0 aromatic heterocycles. The van der Waals surface area contributed by atoms with Gasteiger partial charge in [-0.1, -0.05) is 0 Å². The zero-order valence-electron chi connectivity index (χ0n) is 17.9. The summed E-state index contributed by atoms with van der Waals surface area (Å²) >= 11 is 0. The molecular weight excluding hydrogens is 691 g/mol. The summed E-state index contributed by atoms with van der Waals surface area (Å²) in [7, 11) is -6.71. The Bertz CT molecular complexity index is 1360. The van der Waals surface area contributed by atoms with E-state index < -0.39 is 97.6 Å². The van der Waals surface area contributed by atoms with Crippen molar-refractivity contribution in [3.8, 4) is 5.75 Å². The van der Waals surface area contributed by atoms with Gasteiger partial charge in [0.05, 0.1) is 0 Å². The Hall–Kier alpha value is -2.87. The van der Waals surface area contributed by atoms with Crippen molar-refractivity contribution in [3.63, 3.8) is 0 Å². The first-order chi connectivity index (χ1) is 18.0. The minimum Gasteiger partial charge on any atom is -0.417 e. The van der Waals surface area contributed by atoms with Crippen LogP contribution in [0.5, 0.6) is 5.75 Å². The van der Waals surface area contributed by atoms with Gasteiger partial charge in [0.1, 0.15) is 0 Å². The Balaban J connectivity index is 3.85. The topological polar surface area (TPSA) is 80.7 Å². The van der Waals surface area contributed by atoms with E-state index in [1.807, 2.05) is 0 Å². The van der Waals surface area contributed by atoms with Crippen LogP contribution in [-0.2, 0) is 14.9 Å². The third-order valence-electron chi connectivity index (χ3n) is 4.61. The third-order valence-corrected chi connectivity index (χ3v) is 5.49. The highest BCUT2D eigenvalue weighted by Crippen LogP contribution is 2.64. The quantitative estimate of drug-likeness (QED) is 0.0810. The van der Waals surface area contributed by atoms with Gasteiger partial charge in [0, 0.05) is 0 Å². The standard InChI is InChI=1S/C15HF21O5S/c16-1-2(17)4(19)6(42(38,39)40)5(3(1)18)41-7(37)8(20,21)9(22,23)10(24,25)11(26,27)12(28,29)13(30,31)14(32,33)15(34,35)36/h(H,38,39,40). The van der Waals surface area contributed by atoms with E-state index in [0.717, 1.165) is 0 Å². The average molecular weight is 692 g/mol. The first kappa shape index (κ1) is 37.2. The molecule has 27 heteroatoms. The molecule has 0 aliphatic carbocycles. The number of halogens is 21. The number of benzene rings is 1. The zero-order chi connectivity index (χ0) is 34.2. The van der Waals surface area contributed by atoms with Gasteiger partial charge in [-0.2, -0.15) is 87.4 Å². The number of rotatable bonds is 9. The van der Waals surface area contributed by atoms with E-state index in [1.54, 1.807) is 0 Å². The molecule has 0 bridgehead atoms. The highest BCUT2D eigenvalue weighted by atomic mass is 32.2. The van der Waals surface area contributed by atoms with E-state index in [9.17, 15) is 105 Å². The molecule has 0 saturated heterocycles. The minimum absolute atomic E-state index is 2.62. The Morgan fingerprint density at radius 3 is 1.17 bits per heavy atom. The molecule has 42 heavy (non-hydrogen) atoms. The summed E-state index contributed by atoms with van der Waals surface area (Å²) < 4.78 is 312. The van der Waals surface area contributed by atoms with Crippen LogP contribution in [0.2, 0.25) is 0 Å². The molecule has 0 aliphatic rings. The van der Waals surface area contributed by atoms with Crippen LogP contribution in [0.15, 0.2) is 4.90 Å². The number of carbonyl (C=O) groups is 1. The summed E-state index contributed by atoms with van der Waals surface area (Å²) in [5.74, 6) is -83.7. The molecular formula is C15HF21O5S. The van der Waals surface area contributed by atoms with Crippen LogP contribution in [0.1, 0.15) is 0 Å². The van der Waals surface area contributed by atoms with Crippen molar-refractivity contribution in [1.82, 2.24) is 0 Å². The van der Waals surface area contributed by atoms with E-state index in [-0.39, 0.29) is 0 Å². The van der Waals surface area contributed by atoms with Gasteiger partial charge in [-0.25, -0.2) is 18.0 Å². The Morgan fingerprint density at radius 1 is 0.524 bits per heavy atom. The van der Waals surface area contributed by atoms with Crippen LogP contribution in [0.4, 0.5) is 92.2 Å². The maximum Gasteiger partial charge on any atom is 0.460 e. The van der Waals surface area contributed by atoms with Gasteiger partial charge in [0.25, 0.3) is 0 Å². The summed E-state index contributed by atoms with van der Waals surface area (Å²) in [4.78, 5) is 8.00. The van der Waals surface area contributed by atoms with E-state index >= 15 is 0 Å². The lowest BCUT2D eigenvalue weighted by atomic mass is 9.89. The van der Waals surface area contributed by atoms with Gasteiger partial charge in [-0.15, -0.1) is 0 Å². The number of hydrogen-bond acceptors (Lipinski definition) is 4. The largest absolute Gasteiger partial charge is 0.460 e. The summed E-state index contributed by atoms with van der Waals surface area (Å²) in [5.41, 5.74) is 0. The van der Waals surface area contributed by atoms with Crippen molar-refractivity contribution in [3.05, 3.63) is 23.3 Å². The maximum absolute atomic E-state index is 13.9. The Morgan fingerprint density at radius 2 is 0.833 bits per heavy atom. The third kappa shape index (κ3) is 4.83. The van der Waals surface area contributed by atoms with Gasteiger partial charge in [-0.05, 0) is 0 Å². The average Bonchev–Trinajstić information content (AvgIpc) is 2.78. The SMILES string of the molecule is O=C(Oc1c(F)c(F)c(F)c(F)c1S(=O)(=O)O)C(F)(F)C(F)(F)C(F)(F)C(F)(F)C(F)(F)C(F)(F)C(F)(F)C(F)(F)F. The van der Waals surface area contributed by atoms with Crippen molar-refractivity contribution in [2.75, 3.05) is 0 Å². The summed E-state index contributed by atoms with van der Waals surface area (Å²) in [6.45, 7) is 0. The van der Waals surface area contributed by atoms with Crippen LogP contribution in [0.3, 0.4) is 0 Å². The summed E-state index contributed by atoms with van der Waals surface area (Å²) in [5, 5.41) is 0. The van der Waals surface area contributed by atoms with Gasteiger partial charge in [-0.3, -0.25) is 4.55 Å². The number of hydrogen-bond donors (Lipinski definition) is 1. The van der Waals surface area contributed by atoms with Crippen LogP contribution >= 0.6 is 0 Å². The fourth-order valence-electron chi connectivity index (χ4n) is 2.36. The molecule has 0 saturated carbocycles. The fraction of sp³-hybridized carbons (Fsp3) is 0.533. The lowest BCUT2D eigenvalue weighted by Crippen LogP contribution is -2.75. The van der Waals surface area contributed by atoms with E-state index in [2.05, 4.69) is 4.74 Å². The number of alkyl halides is 17. The second-order valence-corrected chi connectivity index (χ2v) is 8.66. The molecule has 1 aromatic rings. The smallest absolute Gasteiger partial charge is 0.417 e. The molecule has 0 heterocycles. The van der Waals surface area contributed by atoms with E-state index in [1.165, 1.54) is 0 Å². The predicted molar refractivity (Wildman–Crippen MR) is 82.4 cm³/mol. The lowest BCUT2D eigenvalue weighted by molar-refractivity contribution is -0.459. The predicted octanol–water partition coefficient (Wildman–Crippen LogP) is 6.40. The number of carbonyl (C=O) groups excluding carboxylic acids is 1. The lowest BCUT2D eigenvalue weighted by Gasteiger charge is -2.42. The van der Waals surface area contributed by atoms with Gasteiger partial charge in [0.2, 0.25) is 11.6 Å². The first-order valence-electron chi connectivity index (χ1n) is 8.80. The Labute approximate surface area is 213 Å². The van der Waals surface area contributed by atoms with Crippen molar-refractivity contribution >= 4 is 16.1 Å². The molecule has 1 rings (SSSR count). The van der Waals surface area contributed by atoms with Crippen molar-refractivity contribution in [1.29, 1.82) is 0 Å². The van der Waals surface area contributed by atoms with Gasteiger partial charge in [0.15, 0.2) is 22.3 Å². The molecule has 0 fully saturated rings. The molecule has 0 unspecified atom stereocenters. The number of ether oxygens (including phenoxy) is 1. The van der Waals surface area contributed by atoms with E-state index in [0.29, 0.717) is 0 Å². The molecule has 244 valence electrons. The van der Waals surface area contributed by atoms with E-state index in [4.69, 9.17) is 4.55 Å². The van der Waals surface area contributed by atoms with Crippen molar-refractivity contribution in [2.24, 2.45) is 0 Å². The van der Waals surface area contributed by atoms with Crippen LogP contribution in [-0.4, -0.2) is 66.6 Å². The normalized spacial score (nSPS) is 15.2. The monoisotopic (exact) mass is 692 g/mol. The highest BCUT2D eigenvalue weighted by Gasteiger charge is 2.96. The zero-order valence-corrected chi connectivity index (χ0v) is 18.7. The second-order valence-electron chi connectivity index (χ2n) is 7.30. The van der Waals surface area contributed by atoms with Crippen LogP contribution in [0, 0.1) is 23.3 Å². The molecule has 0 amide bonds. The Kier molecular flexibility index (Phi) is 8.70. The second kappa shape index (κ2) is 9.83. The molecule has 0 atom stereocenters. The fourth-order valence-corrected chi connectivity index (χ4v) is 3.04. The molecule has 1 aromatic carbocycles. The maximum atomic E-state index is 13.9. The van der Waals surface area contributed by atoms with Gasteiger partial charge >= 0.3 is 63.7 Å². The van der Waals surface area contributed by atoms with Gasteiger partial charge < -0.3 is 4.74 Å². The van der Waals surface area contributed by atoms with Crippen molar-refractivity contribution in [2.45, 2.75) is 52.5 Å². The van der Waals surface area contributed by atoms with Crippen LogP contribution < -0.4 is 4.74 Å². The molecule has 0 aliphatic heterocycles. The van der Waals surface area contributed by atoms with Crippen molar-refractivity contribution < 1.29 is 115 Å². The summed E-state index contributed by atoms with van der Waals surface area (Å²) in [6.07, 6.45) is -8.05. The molecule has 1 N–H and O–H groups in total. The number of esters is 1. The highest BCUT2D eigenvalue weighted by molar-refractivity contribution is 7.86. The minimum atomic E-state index is -9.16.